The van der Waals surface area contributed by atoms with Gasteiger partial charge in [-0.3, -0.25) is 5.10 Å². The summed E-state index contributed by atoms with van der Waals surface area (Å²) in [5.41, 5.74) is 5.36. The molecule has 1 aliphatic carbocycles. The number of piperidine rings is 1. The Labute approximate surface area is 125 Å². The predicted molar refractivity (Wildman–Crippen MR) is 85.6 cm³/mol. The fraction of sp³-hybridized carbons (Fsp3) is 0.471. The highest BCUT2D eigenvalue weighted by molar-refractivity contribution is 5.72. The molecule has 4 nitrogen and oxygen atoms in total. The zero-order chi connectivity index (χ0) is 14.1. The molecule has 2 aromatic rings. The zero-order valence-corrected chi connectivity index (χ0v) is 12.3. The highest BCUT2D eigenvalue weighted by Crippen LogP contribution is 2.34. The van der Waals surface area contributed by atoms with Gasteiger partial charge in [0.05, 0.1) is 5.69 Å². The van der Waals surface area contributed by atoms with Gasteiger partial charge in [0, 0.05) is 17.2 Å². The molecule has 0 unspecified atom stereocenters. The number of aryl methyl sites for hydroxylation is 1. The van der Waals surface area contributed by atoms with E-state index in [1.807, 2.05) is 0 Å². The van der Waals surface area contributed by atoms with E-state index >= 15 is 0 Å². The SMILES string of the molecule is c1ccc2c(c1)CCCc1c(NC3CCNCC3)n[nH]c1-2. The molecule has 1 aromatic heterocycles. The average Bonchev–Trinajstić information content (AvgIpc) is 2.82. The van der Waals surface area contributed by atoms with Gasteiger partial charge in [-0.05, 0) is 50.8 Å². The van der Waals surface area contributed by atoms with Gasteiger partial charge in [-0.2, -0.15) is 5.10 Å². The van der Waals surface area contributed by atoms with Crippen LogP contribution in [-0.4, -0.2) is 29.3 Å². The second-order valence-electron chi connectivity index (χ2n) is 6.11. The lowest BCUT2D eigenvalue weighted by Gasteiger charge is -2.24. The third kappa shape index (κ3) is 2.44. The Morgan fingerprint density at radius 2 is 1.95 bits per heavy atom. The van der Waals surface area contributed by atoms with Crippen molar-refractivity contribution < 1.29 is 0 Å². The molecule has 1 saturated heterocycles. The number of hydrogen-bond donors (Lipinski definition) is 3. The Morgan fingerprint density at radius 1 is 1.10 bits per heavy atom. The van der Waals surface area contributed by atoms with Crippen LogP contribution in [0.15, 0.2) is 24.3 Å². The third-order valence-corrected chi connectivity index (χ3v) is 4.71. The van der Waals surface area contributed by atoms with Crippen LogP contribution in [0.4, 0.5) is 5.82 Å². The van der Waals surface area contributed by atoms with E-state index < -0.39 is 0 Å². The fourth-order valence-electron chi connectivity index (χ4n) is 3.55. The second-order valence-corrected chi connectivity index (χ2v) is 6.11. The summed E-state index contributed by atoms with van der Waals surface area (Å²) in [6, 6.07) is 9.26. The number of H-pyrrole nitrogens is 1. The first kappa shape index (κ1) is 12.9. The van der Waals surface area contributed by atoms with E-state index in [2.05, 4.69) is 45.1 Å². The normalized spacial score (nSPS) is 18.7. The van der Waals surface area contributed by atoms with Crippen LogP contribution >= 0.6 is 0 Å². The van der Waals surface area contributed by atoms with Crippen LogP contribution in [0.2, 0.25) is 0 Å². The Morgan fingerprint density at radius 3 is 2.86 bits per heavy atom. The minimum absolute atomic E-state index is 0.553. The molecular weight excluding hydrogens is 260 g/mol. The van der Waals surface area contributed by atoms with Gasteiger partial charge in [0.2, 0.25) is 0 Å². The molecule has 0 amide bonds. The first-order chi connectivity index (χ1) is 10.4. The van der Waals surface area contributed by atoms with Crippen LogP contribution in [0.5, 0.6) is 0 Å². The summed E-state index contributed by atoms with van der Waals surface area (Å²) >= 11 is 0. The molecule has 2 aliphatic rings. The van der Waals surface area contributed by atoms with Crippen molar-refractivity contribution >= 4 is 5.82 Å². The molecule has 4 heteroatoms. The van der Waals surface area contributed by atoms with Crippen molar-refractivity contribution in [3.8, 4) is 11.3 Å². The maximum Gasteiger partial charge on any atom is 0.151 e. The van der Waals surface area contributed by atoms with E-state index in [0.29, 0.717) is 6.04 Å². The van der Waals surface area contributed by atoms with Gasteiger partial charge in [-0.25, -0.2) is 0 Å². The fourth-order valence-corrected chi connectivity index (χ4v) is 3.55. The largest absolute Gasteiger partial charge is 0.366 e. The molecule has 1 aliphatic heterocycles. The zero-order valence-electron chi connectivity index (χ0n) is 12.3. The minimum atomic E-state index is 0.553. The quantitative estimate of drug-likeness (QED) is 0.794. The van der Waals surface area contributed by atoms with E-state index in [1.54, 1.807) is 0 Å². The third-order valence-electron chi connectivity index (χ3n) is 4.71. The molecule has 0 atom stereocenters. The number of benzene rings is 1. The van der Waals surface area contributed by atoms with Crippen LogP contribution < -0.4 is 10.6 Å². The van der Waals surface area contributed by atoms with Crippen LogP contribution in [-0.2, 0) is 12.8 Å². The second kappa shape index (κ2) is 5.53. The van der Waals surface area contributed by atoms with Crippen LogP contribution in [0.1, 0.15) is 30.4 Å². The summed E-state index contributed by atoms with van der Waals surface area (Å²) in [7, 11) is 0. The Bertz CT molecular complexity index is 625. The Kier molecular flexibility index (Phi) is 3.39. The summed E-state index contributed by atoms with van der Waals surface area (Å²) < 4.78 is 0. The van der Waals surface area contributed by atoms with Gasteiger partial charge in [0.1, 0.15) is 0 Å². The molecule has 0 radical (unpaired) electrons. The molecule has 3 N–H and O–H groups in total. The van der Waals surface area contributed by atoms with Crippen molar-refractivity contribution in [3.63, 3.8) is 0 Å². The lowest BCUT2D eigenvalue weighted by atomic mass is 10.0. The topological polar surface area (TPSA) is 52.7 Å². The van der Waals surface area contributed by atoms with Gasteiger partial charge in [0.25, 0.3) is 0 Å². The maximum absolute atomic E-state index is 4.58. The number of aromatic nitrogens is 2. The lowest BCUT2D eigenvalue weighted by Crippen LogP contribution is -2.35. The molecule has 4 rings (SSSR count). The van der Waals surface area contributed by atoms with E-state index in [9.17, 15) is 0 Å². The first-order valence-corrected chi connectivity index (χ1v) is 8.04. The Hall–Kier alpha value is -1.81. The van der Waals surface area contributed by atoms with E-state index in [-0.39, 0.29) is 0 Å². The monoisotopic (exact) mass is 282 g/mol. The smallest absolute Gasteiger partial charge is 0.151 e. The highest BCUT2D eigenvalue weighted by Gasteiger charge is 2.22. The molecule has 21 heavy (non-hydrogen) atoms. The van der Waals surface area contributed by atoms with Gasteiger partial charge in [0.15, 0.2) is 5.82 Å². The van der Waals surface area contributed by atoms with Crippen LogP contribution in [0.3, 0.4) is 0 Å². The van der Waals surface area contributed by atoms with Gasteiger partial charge in [-0.1, -0.05) is 24.3 Å². The Balaban J connectivity index is 1.66. The van der Waals surface area contributed by atoms with E-state index in [0.717, 1.165) is 31.7 Å². The molecule has 0 spiro atoms. The maximum atomic E-state index is 4.58. The minimum Gasteiger partial charge on any atom is -0.366 e. The lowest BCUT2D eigenvalue weighted by molar-refractivity contribution is 0.478. The average molecular weight is 282 g/mol. The van der Waals surface area contributed by atoms with Crippen molar-refractivity contribution in [1.82, 2.24) is 15.5 Å². The molecule has 1 aromatic carbocycles. The first-order valence-electron chi connectivity index (χ1n) is 8.04. The van der Waals surface area contributed by atoms with Crippen molar-refractivity contribution in [2.24, 2.45) is 0 Å². The number of anilines is 1. The van der Waals surface area contributed by atoms with Gasteiger partial charge >= 0.3 is 0 Å². The number of fused-ring (bicyclic) bond motifs is 3. The summed E-state index contributed by atoms with van der Waals surface area (Å²) in [5.74, 6) is 1.08. The molecular formula is C17H22N4. The summed E-state index contributed by atoms with van der Waals surface area (Å²) in [6.07, 6.45) is 5.82. The van der Waals surface area contributed by atoms with Crippen molar-refractivity contribution in [2.75, 3.05) is 18.4 Å². The molecule has 1 fully saturated rings. The van der Waals surface area contributed by atoms with Crippen molar-refractivity contribution in [3.05, 3.63) is 35.4 Å². The molecule has 0 saturated carbocycles. The number of nitrogens with zero attached hydrogens (tertiary/aromatic N) is 1. The number of nitrogens with one attached hydrogen (secondary N) is 3. The van der Waals surface area contributed by atoms with Crippen molar-refractivity contribution in [2.45, 2.75) is 38.1 Å². The van der Waals surface area contributed by atoms with Gasteiger partial charge < -0.3 is 10.6 Å². The number of rotatable bonds is 2. The molecule has 110 valence electrons. The standard InChI is InChI=1S/C17H22N4/c1-2-6-14-12(4-1)5-3-7-15-16(14)20-21-17(15)19-13-8-10-18-11-9-13/h1-2,4,6,13,18H,3,5,7-11H2,(H2,19,20,21). The number of aromatic amines is 1. The van der Waals surface area contributed by atoms with E-state index in [1.165, 1.54) is 41.6 Å². The van der Waals surface area contributed by atoms with Gasteiger partial charge in [-0.15, -0.1) is 0 Å². The van der Waals surface area contributed by atoms with Crippen molar-refractivity contribution in [1.29, 1.82) is 0 Å². The summed E-state index contributed by atoms with van der Waals surface area (Å²) in [6.45, 7) is 2.21. The summed E-state index contributed by atoms with van der Waals surface area (Å²) in [5, 5.41) is 14.9. The molecule has 2 heterocycles. The summed E-state index contributed by atoms with van der Waals surface area (Å²) in [4.78, 5) is 0. The van der Waals surface area contributed by atoms with Crippen LogP contribution in [0, 0.1) is 0 Å². The highest BCUT2D eigenvalue weighted by atomic mass is 15.2. The molecule has 0 bridgehead atoms. The number of hydrogen-bond acceptors (Lipinski definition) is 3. The van der Waals surface area contributed by atoms with Crippen LogP contribution in [0.25, 0.3) is 11.3 Å². The predicted octanol–water partition coefficient (Wildman–Crippen LogP) is 2.73. The van der Waals surface area contributed by atoms with E-state index in [4.69, 9.17) is 0 Å².